The van der Waals surface area contributed by atoms with Crippen molar-refractivity contribution in [3.05, 3.63) is 69.3 Å². The Morgan fingerprint density at radius 1 is 1.31 bits per heavy atom. The molecule has 136 valence electrons. The highest BCUT2D eigenvalue weighted by molar-refractivity contribution is 5.70. The predicted octanol–water partition coefficient (Wildman–Crippen LogP) is 3.70. The minimum Gasteiger partial charge on any atom is -0.467 e. The molecule has 7 heteroatoms. The third kappa shape index (κ3) is 4.18. The van der Waals surface area contributed by atoms with Gasteiger partial charge in [0.25, 0.3) is 5.69 Å². The van der Waals surface area contributed by atoms with E-state index in [-0.39, 0.29) is 44.0 Å². The summed E-state index contributed by atoms with van der Waals surface area (Å²) in [7, 11) is 0. The van der Waals surface area contributed by atoms with Gasteiger partial charge in [-0.1, -0.05) is 37.3 Å². The van der Waals surface area contributed by atoms with Gasteiger partial charge in [0.2, 0.25) is 0 Å². The van der Waals surface area contributed by atoms with Crippen LogP contribution in [0.2, 0.25) is 0 Å². The van der Waals surface area contributed by atoms with E-state index < -0.39 is 4.92 Å². The van der Waals surface area contributed by atoms with Gasteiger partial charge in [-0.05, 0) is 11.5 Å². The molecule has 0 N–H and O–H groups in total. The van der Waals surface area contributed by atoms with Gasteiger partial charge in [0.05, 0.1) is 18.0 Å². The van der Waals surface area contributed by atoms with Crippen LogP contribution in [0.25, 0.3) is 0 Å². The first-order valence-corrected chi connectivity index (χ1v) is 8.26. The van der Waals surface area contributed by atoms with E-state index in [1.165, 1.54) is 12.1 Å². The maximum Gasteiger partial charge on any atom is 0.306 e. The minimum atomic E-state index is -0.488. The van der Waals surface area contributed by atoms with Crippen LogP contribution in [0, 0.1) is 10.1 Å². The molecule has 1 aliphatic rings. The number of carbonyl (C=O) groups excluding carboxylic acids is 1. The number of benzene rings is 2. The zero-order valence-electron chi connectivity index (χ0n) is 14.3. The molecule has 1 heterocycles. The van der Waals surface area contributed by atoms with Gasteiger partial charge in [-0.3, -0.25) is 14.9 Å². The fraction of sp³-hybridized carbons (Fsp3) is 0.316. The molecule has 0 spiro atoms. The average molecular weight is 357 g/mol. The summed E-state index contributed by atoms with van der Waals surface area (Å²) in [6.07, 6.45) is 0.227. The zero-order valence-corrected chi connectivity index (χ0v) is 14.3. The Hall–Kier alpha value is -2.93. The smallest absolute Gasteiger partial charge is 0.306 e. The summed E-state index contributed by atoms with van der Waals surface area (Å²) in [6, 6.07) is 12.5. The number of ether oxygens (including phenoxy) is 3. The first-order valence-electron chi connectivity index (χ1n) is 8.26. The fourth-order valence-corrected chi connectivity index (χ4v) is 2.86. The van der Waals surface area contributed by atoms with Gasteiger partial charge in [0.1, 0.15) is 12.4 Å². The van der Waals surface area contributed by atoms with Crippen LogP contribution in [-0.4, -0.2) is 17.7 Å². The van der Waals surface area contributed by atoms with Gasteiger partial charge >= 0.3 is 5.97 Å². The number of carbonyl (C=O) groups is 1. The highest BCUT2D eigenvalue weighted by Gasteiger charge is 2.22. The quantitative estimate of drug-likeness (QED) is 0.445. The second kappa shape index (κ2) is 7.97. The van der Waals surface area contributed by atoms with Crippen LogP contribution in [0.1, 0.15) is 36.0 Å². The summed E-state index contributed by atoms with van der Waals surface area (Å²) in [5, 5.41) is 11.1. The molecule has 0 aromatic heterocycles. The Balaban J connectivity index is 1.68. The number of hydrogen-bond acceptors (Lipinski definition) is 6. The van der Waals surface area contributed by atoms with Crippen molar-refractivity contribution in [2.24, 2.45) is 0 Å². The van der Waals surface area contributed by atoms with Gasteiger partial charge in [-0.15, -0.1) is 0 Å². The van der Waals surface area contributed by atoms with Crippen molar-refractivity contribution < 1.29 is 23.9 Å². The number of non-ortho nitro benzene ring substituents is 1. The molecule has 0 bridgehead atoms. The van der Waals surface area contributed by atoms with E-state index in [1.54, 1.807) is 0 Å². The van der Waals surface area contributed by atoms with E-state index in [9.17, 15) is 14.9 Å². The summed E-state index contributed by atoms with van der Waals surface area (Å²) in [4.78, 5) is 22.8. The lowest BCUT2D eigenvalue weighted by atomic mass is 9.98. The van der Waals surface area contributed by atoms with Gasteiger partial charge in [-0.2, -0.15) is 0 Å². The van der Waals surface area contributed by atoms with Gasteiger partial charge in [0.15, 0.2) is 6.79 Å². The summed E-state index contributed by atoms with van der Waals surface area (Å²) < 4.78 is 15.9. The maximum absolute atomic E-state index is 12.2. The molecule has 0 fully saturated rings. The van der Waals surface area contributed by atoms with Crippen molar-refractivity contribution >= 4 is 11.7 Å². The maximum atomic E-state index is 12.2. The number of hydrogen-bond donors (Lipinski definition) is 0. The largest absolute Gasteiger partial charge is 0.467 e. The minimum absolute atomic E-state index is 0.0207. The Morgan fingerprint density at radius 2 is 2.08 bits per heavy atom. The molecule has 2 aromatic carbocycles. The molecular weight excluding hydrogens is 338 g/mol. The Morgan fingerprint density at radius 3 is 2.81 bits per heavy atom. The number of nitrogens with zero attached hydrogens (tertiary/aromatic N) is 1. The monoisotopic (exact) mass is 357 g/mol. The van der Waals surface area contributed by atoms with Crippen molar-refractivity contribution in [3.63, 3.8) is 0 Å². The van der Waals surface area contributed by atoms with E-state index in [1.807, 2.05) is 37.3 Å². The zero-order chi connectivity index (χ0) is 18.5. The number of esters is 1. The lowest BCUT2D eigenvalue weighted by Gasteiger charge is -2.20. The van der Waals surface area contributed by atoms with Crippen molar-refractivity contribution in [3.8, 4) is 5.75 Å². The first kappa shape index (κ1) is 17.9. The highest BCUT2D eigenvalue weighted by atomic mass is 16.7. The Kier molecular flexibility index (Phi) is 5.48. The summed E-state index contributed by atoms with van der Waals surface area (Å²) >= 11 is 0. The van der Waals surface area contributed by atoms with Crippen molar-refractivity contribution in [2.75, 3.05) is 6.79 Å². The molecule has 7 nitrogen and oxygen atoms in total. The molecule has 26 heavy (non-hydrogen) atoms. The normalized spacial score (nSPS) is 14.0. The van der Waals surface area contributed by atoms with Crippen molar-refractivity contribution in [2.45, 2.75) is 32.5 Å². The summed E-state index contributed by atoms with van der Waals surface area (Å²) in [5.74, 6) is 0.145. The molecule has 1 atom stereocenters. The molecule has 2 aromatic rings. The lowest BCUT2D eigenvalue weighted by molar-refractivity contribution is -0.385. The standard InChI is InChI=1S/C19H19NO6/c1-13(14-5-3-2-4-6-14)7-18(21)25-11-16-9-17(20(22)23)8-15-10-24-12-26-19(15)16/h2-6,8-9,13H,7,10-12H2,1H3/t13-/m0/s1. The third-order valence-electron chi connectivity index (χ3n) is 4.21. The highest BCUT2D eigenvalue weighted by Crippen LogP contribution is 2.33. The van der Waals surface area contributed by atoms with Crippen molar-refractivity contribution in [1.29, 1.82) is 0 Å². The van der Waals surface area contributed by atoms with Crippen LogP contribution >= 0.6 is 0 Å². The second-order valence-corrected chi connectivity index (χ2v) is 6.14. The summed E-state index contributed by atoms with van der Waals surface area (Å²) in [6.45, 7) is 2.16. The molecule has 0 unspecified atom stereocenters. The van der Waals surface area contributed by atoms with Crippen molar-refractivity contribution in [1.82, 2.24) is 0 Å². The molecule has 0 aliphatic carbocycles. The Labute approximate surface area is 150 Å². The molecule has 0 saturated heterocycles. The van der Waals surface area contributed by atoms with E-state index in [0.717, 1.165) is 5.56 Å². The van der Waals surface area contributed by atoms with Crippen LogP contribution < -0.4 is 4.74 Å². The molecule has 0 saturated carbocycles. The average Bonchev–Trinajstić information content (AvgIpc) is 2.66. The van der Waals surface area contributed by atoms with Crippen LogP contribution in [0.5, 0.6) is 5.75 Å². The van der Waals surface area contributed by atoms with E-state index in [2.05, 4.69) is 0 Å². The van der Waals surface area contributed by atoms with E-state index >= 15 is 0 Å². The first-order chi connectivity index (χ1) is 12.5. The third-order valence-corrected chi connectivity index (χ3v) is 4.21. The molecular formula is C19H19NO6. The topological polar surface area (TPSA) is 87.9 Å². The number of nitro groups is 1. The number of fused-ring (bicyclic) bond motifs is 1. The lowest BCUT2D eigenvalue weighted by Crippen LogP contribution is -2.15. The van der Waals surface area contributed by atoms with Gasteiger partial charge in [0, 0.05) is 23.3 Å². The molecule has 0 amide bonds. The van der Waals surface area contributed by atoms with Crippen LogP contribution in [0.15, 0.2) is 42.5 Å². The SMILES string of the molecule is C[C@@H](CC(=O)OCc1cc([N+](=O)[O-])cc2c1OCOC2)c1ccccc1. The van der Waals surface area contributed by atoms with E-state index in [0.29, 0.717) is 16.9 Å². The van der Waals surface area contributed by atoms with Crippen LogP contribution in [0.3, 0.4) is 0 Å². The predicted molar refractivity (Wildman–Crippen MR) is 92.7 cm³/mol. The van der Waals surface area contributed by atoms with Crippen LogP contribution in [-0.2, 0) is 27.5 Å². The molecule has 1 aliphatic heterocycles. The van der Waals surface area contributed by atoms with Crippen LogP contribution in [0.4, 0.5) is 5.69 Å². The van der Waals surface area contributed by atoms with Gasteiger partial charge in [-0.25, -0.2) is 0 Å². The molecule has 0 radical (unpaired) electrons. The second-order valence-electron chi connectivity index (χ2n) is 6.14. The summed E-state index contributed by atoms with van der Waals surface area (Å²) in [5.41, 5.74) is 2.02. The Bertz CT molecular complexity index is 805. The fourth-order valence-electron chi connectivity index (χ4n) is 2.86. The van der Waals surface area contributed by atoms with Gasteiger partial charge < -0.3 is 14.2 Å². The molecule has 3 rings (SSSR count). The van der Waals surface area contributed by atoms with E-state index in [4.69, 9.17) is 14.2 Å². The number of nitro benzene ring substituents is 1. The number of rotatable bonds is 6.